The van der Waals surface area contributed by atoms with Gasteiger partial charge in [0.05, 0.1) is 18.3 Å². The summed E-state index contributed by atoms with van der Waals surface area (Å²) >= 11 is 0. The highest BCUT2D eigenvalue weighted by molar-refractivity contribution is 5.96. The van der Waals surface area contributed by atoms with Crippen molar-refractivity contribution in [2.24, 2.45) is 0 Å². The molecule has 0 spiro atoms. The highest BCUT2D eigenvalue weighted by atomic mass is 16.2. The van der Waals surface area contributed by atoms with Crippen molar-refractivity contribution in [2.45, 2.75) is 31.8 Å². The maximum atomic E-state index is 13.1. The van der Waals surface area contributed by atoms with Gasteiger partial charge in [-0.05, 0) is 31.0 Å². The molecule has 5 rings (SSSR count). The Morgan fingerprint density at radius 2 is 1.94 bits per heavy atom. The van der Waals surface area contributed by atoms with Gasteiger partial charge in [0.1, 0.15) is 11.6 Å². The molecule has 2 aliphatic rings. The molecule has 3 N–H and O–H groups in total. The molecule has 1 saturated heterocycles. The van der Waals surface area contributed by atoms with E-state index in [1.165, 1.54) is 0 Å². The standard InChI is InChI=1S/C26H30N6O/c1-27-25-20-16-28-14-13-22(20)30-26(31-25)23-12-7-15-32(23)17-24(33)29-21-11-6-5-10-19(21)18-8-3-2-4-9-18/h2-6,8-11,23,28H,7,12-17H2,1H3,(H,29,33)(H,27,30,31)/t23-/m1/s1. The van der Waals surface area contributed by atoms with E-state index >= 15 is 0 Å². The molecule has 7 nitrogen and oxygen atoms in total. The van der Waals surface area contributed by atoms with E-state index in [1.54, 1.807) is 0 Å². The predicted octanol–water partition coefficient (Wildman–Crippen LogP) is 3.61. The second-order valence-electron chi connectivity index (χ2n) is 8.62. The van der Waals surface area contributed by atoms with Gasteiger partial charge in [-0.1, -0.05) is 48.5 Å². The summed E-state index contributed by atoms with van der Waals surface area (Å²) in [7, 11) is 1.91. The summed E-state index contributed by atoms with van der Waals surface area (Å²) in [5.74, 6) is 1.71. The van der Waals surface area contributed by atoms with E-state index in [0.29, 0.717) is 6.54 Å². The van der Waals surface area contributed by atoms with E-state index in [4.69, 9.17) is 9.97 Å². The van der Waals surface area contributed by atoms with Crippen LogP contribution in [0.1, 0.15) is 36.0 Å². The SMILES string of the molecule is CNc1nc([C@H]2CCCN2CC(=O)Nc2ccccc2-c2ccccc2)nc2c1CNCC2. The van der Waals surface area contributed by atoms with Crippen LogP contribution in [0.3, 0.4) is 0 Å². The van der Waals surface area contributed by atoms with Crippen LogP contribution in [0, 0.1) is 0 Å². The van der Waals surface area contributed by atoms with Gasteiger partial charge in [0, 0.05) is 43.4 Å². The fourth-order valence-electron chi connectivity index (χ4n) is 4.86. The van der Waals surface area contributed by atoms with E-state index in [-0.39, 0.29) is 11.9 Å². The number of nitrogens with one attached hydrogen (secondary N) is 3. The Labute approximate surface area is 194 Å². The van der Waals surface area contributed by atoms with Gasteiger partial charge in [-0.25, -0.2) is 9.97 Å². The number of rotatable bonds is 6. The van der Waals surface area contributed by atoms with Gasteiger partial charge in [-0.3, -0.25) is 9.69 Å². The summed E-state index contributed by atoms with van der Waals surface area (Å²) in [6.07, 6.45) is 2.91. The van der Waals surface area contributed by atoms with Gasteiger partial charge in [0.25, 0.3) is 0 Å². The number of fused-ring (bicyclic) bond motifs is 1. The number of likely N-dealkylation sites (tertiary alicyclic amines) is 1. The van der Waals surface area contributed by atoms with Crippen LogP contribution in [-0.4, -0.2) is 47.5 Å². The number of nitrogens with zero attached hydrogens (tertiary/aromatic N) is 3. The molecule has 1 amide bonds. The lowest BCUT2D eigenvalue weighted by atomic mass is 10.0. The number of carbonyl (C=O) groups excluding carboxylic acids is 1. The molecule has 0 unspecified atom stereocenters. The molecule has 2 aromatic carbocycles. The molecule has 3 heterocycles. The minimum absolute atomic E-state index is 0.0127. The number of para-hydroxylation sites is 1. The molecule has 170 valence electrons. The van der Waals surface area contributed by atoms with Crippen LogP contribution in [-0.2, 0) is 17.8 Å². The smallest absolute Gasteiger partial charge is 0.238 e. The van der Waals surface area contributed by atoms with E-state index in [0.717, 1.165) is 78.6 Å². The minimum Gasteiger partial charge on any atom is -0.373 e. The first-order valence-electron chi connectivity index (χ1n) is 11.7. The average Bonchev–Trinajstić information content (AvgIpc) is 3.32. The maximum Gasteiger partial charge on any atom is 0.238 e. The highest BCUT2D eigenvalue weighted by Gasteiger charge is 2.31. The van der Waals surface area contributed by atoms with Gasteiger partial charge in [-0.15, -0.1) is 0 Å². The number of anilines is 2. The third kappa shape index (κ3) is 4.60. The molecular weight excluding hydrogens is 412 g/mol. The molecular formula is C26H30N6O. The monoisotopic (exact) mass is 442 g/mol. The lowest BCUT2D eigenvalue weighted by Crippen LogP contribution is -2.34. The maximum absolute atomic E-state index is 13.1. The third-order valence-corrected chi connectivity index (χ3v) is 6.48. The second-order valence-corrected chi connectivity index (χ2v) is 8.62. The molecule has 1 atom stereocenters. The molecule has 1 fully saturated rings. The topological polar surface area (TPSA) is 82.2 Å². The van der Waals surface area contributed by atoms with Crippen molar-refractivity contribution in [2.75, 3.05) is 37.3 Å². The Morgan fingerprint density at radius 3 is 2.79 bits per heavy atom. The second kappa shape index (κ2) is 9.68. The molecule has 0 aliphatic carbocycles. The van der Waals surface area contributed by atoms with Gasteiger partial charge in [0.15, 0.2) is 0 Å². The Balaban J connectivity index is 1.33. The summed E-state index contributed by atoms with van der Waals surface area (Å²) in [4.78, 5) is 25.1. The van der Waals surface area contributed by atoms with Gasteiger partial charge in [-0.2, -0.15) is 0 Å². The number of amides is 1. The quantitative estimate of drug-likeness (QED) is 0.541. The van der Waals surface area contributed by atoms with Crippen LogP contribution in [0.4, 0.5) is 11.5 Å². The van der Waals surface area contributed by atoms with E-state index in [9.17, 15) is 4.79 Å². The Hall–Kier alpha value is -3.29. The Morgan fingerprint density at radius 1 is 1.12 bits per heavy atom. The van der Waals surface area contributed by atoms with Gasteiger partial charge < -0.3 is 16.0 Å². The zero-order chi connectivity index (χ0) is 22.6. The lowest BCUT2D eigenvalue weighted by Gasteiger charge is -2.26. The zero-order valence-electron chi connectivity index (χ0n) is 19.0. The van der Waals surface area contributed by atoms with Crippen molar-refractivity contribution >= 4 is 17.4 Å². The highest BCUT2D eigenvalue weighted by Crippen LogP contribution is 2.32. The summed E-state index contributed by atoms with van der Waals surface area (Å²) in [6, 6.07) is 18.2. The van der Waals surface area contributed by atoms with Crippen LogP contribution >= 0.6 is 0 Å². The van der Waals surface area contributed by atoms with Crippen LogP contribution in [0.5, 0.6) is 0 Å². The molecule has 0 saturated carbocycles. The van der Waals surface area contributed by atoms with Gasteiger partial charge in [0.2, 0.25) is 5.91 Å². The summed E-state index contributed by atoms with van der Waals surface area (Å²) in [6.45, 7) is 2.92. The van der Waals surface area contributed by atoms with Crippen molar-refractivity contribution in [1.82, 2.24) is 20.2 Å². The fourth-order valence-corrected chi connectivity index (χ4v) is 4.86. The molecule has 0 radical (unpaired) electrons. The van der Waals surface area contributed by atoms with E-state index < -0.39 is 0 Å². The van der Waals surface area contributed by atoms with E-state index in [1.807, 2.05) is 49.5 Å². The zero-order valence-corrected chi connectivity index (χ0v) is 19.0. The van der Waals surface area contributed by atoms with Crippen LogP contribution in [0.15, 0.2) is 54.6 Å². The fraction of sp³-hybridized carbons (Fsp3) is 0.346. The van der Waals surface area contributed by atoms with Crippen LogP contribution < -0.4 is 16.0 Å². The molecule has 2 aliphatic heterocycles. The number of hydrogen-bond donors (Lipinski definition) is 3. The summed E-state index contributed by atoms with van der Waals surface area (Å²) in [5.41, 5.74) is 5.22. The summed E-state index contributed by atoms with van der Waals surface area (Å²) in [5, 5.41) is 9.77. The number of hydrogen-bond acceptors (Lipinski definition) is 6. The first-order chi connectivity index (χ1) is 16.2. The Kier molecular flexibility index (Phi) is 6.32. The predicted molar refractivity (Wildman–Crippen MR) is 131 cm³/mol. The molecule has 0 bridgehead atoms. The summed E-state index contributed by atoms with van der Waals surface area (Å²) < 4.78 is 0. The van der Waals surface area contributed by atoms with Crippen molar-refractivity contribution < 1.29 is 4.79 Å². The van der Waals surface area contributed by atoms with Crippen LogP contribution in [0.2, 0.25) is 0 Å². The van der Waals surface area contributed by atoms with Gasteiger partial charge >= 0.3 is 0 Å². The normalized spacial score (nSPS) is 18.0. The first kappa shape index (κ1) is 21.6. The Bertz CT molecular complexity index is 1120. The van der Waals surface area contributed by atoms with Crippen molar-refractivity contribution in [3.05, 3.63) is 71.7 Å². The van der Waals surface area contributed by atoms with Crippen LogP contribution in [0.25, 0.3) is 11.1 Å². The molecule has 33 heavy (non-hydrogen) atoms. The molecule has 3 aromatic rings. The minimum atomic E-state index is -0.0127. The van der Waals surface area contributed by atoms with E-state index in [2.05, 4.69) is 33.0 Å². The first-order valence-corrected chi connectivity index (χ1v) is 11.7. The largest absolute Gasteiger partial charge is 0.373 e. The number of aromatic nitrogens is 2. The van der Waals surface area contributed by atoms with Crippen molar-refractivity contribution in [1.29, 1.82) is 0 Å². The third-order valence-electron chi connectivity index (χ3n) is 6.48. The molecule has 7 heteroatoms. The average molecular weight is 443 g/mol. The number of benzene rings is 2. The number of carbonyl (C=O) groups is 1. The lowest BCUT2D eigenvalue weighted by molar-refractivity contribution is -0.117. The van der Waals surface area contributed by atoms with Crippen molar-refractivity contribution in [3.63, 3.8) is 0 Å². The van der Waals surface area contributed by atoms with Crippen molar-refractivity contribution in [3.8, 4) is 11.1 Å². The molecule has 1 aromatic heterocycles.